The number of benzene rings is 2. The van der Waals surface area contributed by atoms with Crippen molar-refractivity contribution in [3.05, 3.63) is 65.7 Å². The Labute approximate surface area is 159 Å². The summed E-state index contributed by atoms with van der Waals surface area (Å²) < 4.78 is 36.8. The fraction of sp³-hybridized carbons (Fsp3) is 0.250. The second kappa shape index (κ2) is 7.84. The third kappa shape index (κ3) is 4.76. The van der Waals surface area contributed by atoms with E-state index in [-0.39, 0.29) is 23.4 Å². The highest BCUT2D eigenvalue weighted by atomic mass is 19.4. The van der Waals surface area contributed by atoms with E-state index in [2.05, 4.69) is 10.5 Å². The molecule has 1 fully saturated rings. The van der Waals surface area contributed by atoms with Gasteiger partial charge in [0.25, 0.3) is 0 Å². The van der Waals surface area contributed by atoms with Crippen molar-refractivity contribution in [3.63, 3.8) is 0 Å². The Morgan fingerprint density at radius 3 is 2.29 bits per heavy atom. The van der Waals surface area contributed by atoms with Crippen molar-refractivity contribution in [2.75, 3.05) is 5.32 Å². The molecule has 2 aromatic rings. The first-order chi connectivity index (χ1) is 13.3. The van der Waals surface area contributed by atoms with Gasteiger partial charge < -0.3 is 5.32 Å². The van der Waals surface area contributed by atoms with Crippen molar-refractivity contribution in [3.8, 4) is 0 Å². The third-order valence-electron chi connectivity index (χ3n) is 4.51. The van der Waals surface area contributed by atoms with Gasteiger partial charge in [0.2, 0.25) is 5.91 Å². The Bertz CT molecular complexity index is 893. The second-order valence-corrected chi connectivity index (χ2v) is 6.56. The molecule has 8 heteroatoms. The van der Waals surface area contributed by atoms with E-state index in [1.54, 1.807) is 12.2 Å². The maximum atomic E-state index is 12.3. The lowest BCUT2D eigenvalue weighted by Crippen LogP contribution is -2.29. The van der Waals surface area contributed by atoms with Gasteiger partial charge in [0.15, 0.2) is 0 Å². The van der Waals surface area contributed by atoms with Crippen LogP contribution < -0.4 is 10.7 Å². The van der Waals surface area contributed by atoms with Gasteiger partial charge in [-0.2, -0.15) is 18.3 Å². The fourth-order valence-corrected chi connectivity index (χ4v) is 2.84. The van der Waals surface area contributed by atoms with Crippen molar-refractivity contribution >= 4 is 23.2 Å². The number of alkyl halides is 3. The van der Waals surface area contributed by atoms with Crippen LogP contribution in [0.3, 0.4) is 0 Å². The number of halogens is 3. The number of hydrogen-bond acceptors (Lipinski definition) is 3. The first kappa shape index (κ1) is 19.6. The molecule has 1 aliphatic carbocycles. The summed E-state index contributed by atoms with van der Waals surface area (Å²) in [7, 11) is 0. The van der Waals surface area contributed by atoms with E-state index in [0.717, 1.165) is 12.0 Å². The lowest BCUT2D eigenvalue weighted by Gasteiger charge is -2.08. The summed E-state index contributed by atoms with van der Waals surface area (Å²) >= 11 is 0. The molecule has 5 nitrogen and oxygen atoms in total. The highest BCUT2D eigenvalue weighted by Gasteiger charge is 2.43. The Morgan fingerprint density at radius 1 is 1.04 bits per heavy atom. The summed E-state index contributed by atoms with van der Waals surface area (Å²) in [5.74, 6) is -2.11. The predicted molar refractivity (Wildman–Crippen MR) is 98.8 cm³/mol. The molecule has 2 aromatic carbocycles. The first-order valence-electron chi connectivity index (χ1n) is 8.63. The molecule has 0 aromatic heterocycles. The molecule has 2 amide bonds. The van der Waals surface area contributed by atoms with Crippen molar-refractivity contribution in [2.45, 2.75) is 25.4 Å². The summed E-state index contributed by atoms with van der Waals surface area (Å²) in [6, 6.07) is 15.5. The standard InChI is InChI=1S/C20H18F3N3O2/c1-12(13-7-9-15(10-8-13)24-19(28)20(21,22)23)25-26-18(27)17-11-16(17)14-5-3-2-4-6-14/h2-10,16-17H,11H2,1H3,(H,24,28)(H,26,27)/t16-,17-/m1/s1. The van der Waals surface area contributed by atoms with Crippen LogP contribution in [0.25, 0.3) is 0 Å². The maximum absolute atomic E-state index is 12.3. The molecule has 2 N–H and O–H groups in total. The van der Waals surface area contributed by atoms with Crippen molar-refractivity contribution in [1.82, 2.24) is 5.43 Å². The number of hydrazone groups is 1. The molecule has 0 radical (unpaired) electrons. The van der Waals surface area contributed by atoms with Crippen LogP contribution in [-0.2, 0) is 9.59 Å². The molecule has 1 aliphatic rings. The van der Waals surface area contributed by atoms with Crippen LogP contribution in [0.4, 0.5) is 18.9 Å². The van der Waals surface area contributed by atoms with Crippen LogP contribution in [0.2, 0.25) is 0 Å². The van der Waals surface area contributed by atoms with E-state index in [1.807, 2.05) is 30.3 Å². The molecule has 0 saturated heterocycles. The van der Waals surface area contributed by atoms with Gasteiger partial charge in [0.1, 0.15) is 0 Å². The van der Waals surface area contributed by atoms with Crippen LogP contribution in [0, 0.1) is 5.92 Å². The van der Waals surface area contributed by atoms with Gasteiger partial charge >= 0.3 is 12.1 Å². The lowest BCUT2D eigenvalue weighted by molar-refractivity contribution is -0.167. The second-order valence-electron chi connectivity index (χ2n) is 6.56. The average molecular weight is 389 g/mol. The number of anilines is 1. The molecular formula is C20H18F3N3O2. The van der Waals surface area contributed by atoms with Crippen molar-refractivity contribution in [1.29, 1.82) is 0 Å². The minimum atomic E-state index is -4.94. The smallest absolute Gasteiger partial charge is 0.318 e. The van der Waals surface area contributed by atoms with E-state index in [9.17, 15) is 22.8 Å². The van der Waals surface area contributed by atoms with Gasteiger partial charge in [0.05, 0.1) is 5.71 Å². The van der Waals surface area contributed by atoms with Gasteiger partial charge in [-0.25, -0.2) is 5.43 Å². The zero-order valence-electron chi connectivity index (χ0n) is 15.0. The van der Waals surface area contributed by atoms with Crippen LogP contribution in [0.5, 0.6) is 0 Å². The highest BCUT2D eigenvalue weighted by Crippen LogP contribution is 2.47. The van der Waals surface area contributed by atoms with Gasteiger partial charge in [-0.1, -0.05) is 42.5 Å². The number of hydrogen-bond donors (Lipinski definition) is 2. The molecule has 2 atom stereocenters. The number of rotatable bonds is 5. The van der Waals surface area contributed by atoms with Crippen molar-refractivity contribution < 1.29 is 22.8 Å². The van der Waals surface area contributed by atoms with E-state index in [4.69, 9.17) is 0 Å². The van der Waals surface area contributed by atoms with E-state index < -0.39 is 12.1 Å². The van der Waals surface area contributed by atoms with E-state index in [0.29, 0.717) is 11.3 Å². The predicted octanol–water partition coefficient (Wildman–Crippen LogP) is 3.83. The Balaban J connectivity index is 1.55. The van der Waals surface area contributed by atoms with Gasteiger partial charge in [-0.05, 0) is 42.5 Å². The zero-order valence-corrected chi connectivity index (χ0v) is 15.0. The Morgan fingerprint density at radius 2 is 1.68 bits per heavy atom. The molecular weight excluding hydrogens is 371 g/mol. The van der Waals surface area contributed by atoms with Gasteiger partial charge in [0, 0.05) is 11.6 Å². The SMILES string of the molecule is CC(=NNC(=O)[C@@H]1C[C@@H]1c1ccccc1)c1ccc(NC(=O)C(F)(F)F)cc1. The van der Waals surface area contributed by atoms with Crippen LogP contribution >= 0.6 is 0 Å². The van der Waals surface area contributed by atoms with Crippen LogP contribution in [-0.4, -0.2) is 23.7 Å². The maximum Gasteiger partial charge on any atom is 0.471 e. The molecule has 28 heavy (non-hydrogen) atoms. The monoisotopic (exact) mass is 389 g/mol. The van der Waals surface area contributed by atoms with E-state index >= 15 is 0 Å². The summed E-state index contributed by atoms with van der Waals surface area (Å²) in [5, 5.41) is 5.83. The molecule has 0 bridgehead atoms. The summed E-state index contributed by atoms with van der Waals surface area (Å²) in [4.78, 5) is 23.1. The van der Waals surface area contributed by atoms with E-state index in [1.165, 1.54) is 24.3 Å². The first-order valence-corrected chi connectivity index (χ1v) is 8.63. The number of carbonyl (C=O) groups excluding carboxylic acids is 2. The number of nitrogens with one attached hydrogen (secondary N) is 2. The molecule has 0 aliphatic heterocycles. The van der Waals surface area contributed by atoms with Gasteiger partial charge in [-0.15, -0.1) is 0 Å². The number of carbonyl (C=O) groups is 2. The average Bonchev–Trinajstić information content (AvgIpc) is 3.47. The molecule has 3 rings (SSSR count). The Hall–Kier alpha value is -3.16. The summed E-state index contributed by atoms with van der Waals surface area (Å²) in [6.07, 6.45) is -4.17. The molecule has 1 saturated carbocycles. The number of nitrogens with zero attached hydrogens (tertiary/aromatic N) is 1. The fourth-order valence-electron chi connectivity index (χ4n) is 2.84. The molecule has 0 unspecified atom stereocenters. The Kier molecular flexibility index (Phi) is 5.48. The topological polar surface area (TPSA) is 70.6 Å². The molecule has 146 valence electrons. The lowest BCUT2D eigenvalue weighted by atomic mass is 10.1. The largest absolute Gasteiger partial charge is 0.471 e. The normalized spacial score (nSPS) is 19.1. The minimum Gasteiger partial charge on any atom is -0.318 e. The zero-order chi connectivity index (χ0) is 20.3. The molecule has 0 heterocycles. The third-order valence-corrected chi connectivity index (χ3v) is 4.51. The quantitative estimate of drug-likeness (QED) is 0.603. The highest BCUT2D eigenvalue weighted by molar-refractivity contribution is 6.00. The minimum absolute atomic E-state index is 0.0200. The van der Waals surface area contributed by atoms with Crippen LogP contribution in [0.1, 0.15) is 30.4 Å². The molecule has 0 spiro atoms. The summed E-state index contributed by atoms with van der Waals surface area (Å²) in [5.41, 5.74) is 4.80. The van der Waals surface area contributed by atoms with Crippen molar-refractivity contribution in [2.24, 2.45) is 11.0 Å². The van der Waals surface area contributed by atoms with Crippen LogP contribution in [0.15, 0.2) is 59.7 Å². The summed E-state index contributed by atoms with van der Waals surface area (Å²) in [6.45, 7) is 1.67. The number of amides is 2. The van der Waals surface area contributed by atoms with Gasteiger partial charge in [-0.3, -0.25) is 9.59 Å².